The van der Waals surface area contributed by atoms with Crippen molar-refractivity contribution < 1.29 is 5.11 Å². The number of aliphatic hydroxyl groups is 1. The fourth-order valence-electron chi connectivity index (χ4n) is 1.31. The molecule has 88 valence electrons. The Bertz CT molecular complexity index is 306. The number of rotatable bonds is 6. The first-order valence-corrected chi connectivity index (χ1v) is 5.80. The molecule has 0 saturated heterocycles. The van der Waals surface area contributed by atoms with Crippen LogP contribution >= 0.6 is 0 Å². The topological polar surface area (TPSA) is 32.3 Å². The first-order chi connectivity index (χ1) is 7.70. The molecule has 1 aromatic carbocycles. The summed E-state index contributed by atoms with van der Waals surface area (Å²) in [7, 11) is 0. The van der Waals surface area contributed by atoms with Crippen molar-refractivity contribution in [3.63, 3.8) is 0 Å². The molecule has 0 aromatic heterocycles. The highest BCUT2D eigenvalue weighted by Gasteiger charge is 2.06. The third-order valence-corrected chi connectivity index (χ3v) is 2.50. The minimum atomic E-state index is -0.259. The van der Waals surface area contributed by atoms with Crippen LogP contribution in [0.3, 0.4) is 0 Å². The average Bonchev–Trinajstić information content (AvgIpc) is 2.29. The highest BCUT2D eigenvalue weighted by Crippen LogP contribution is 2.00. The summed E-state index contributed by atoms with van der Waals surface area (Å²) in [5, 5.41) is 12.8. The maximum Gasteiger partial charge on any atom is 0.0687 e. The molecule has 1 rings (SSSR count). The van der Waals surface area contributed by atoms with Gasteiger partial charge < -0.3 is 10.4 Å². The fourth-order valence-corrected chi connectivity index (χ4v) is 1.31. The zero-order chi connectivity index (χ0) is 11.8. The molecule has 0 fully saturated rings. The summed E-state index contributed by atoms with van der Waals surface area (Å²) < 4.78 is 0. The summed E-state index contributed by atoms with van der Waals surface area (Å²) >= 11 is 0. The van der Waals surface area contributed by atoms with Gasteiger partial charge in [0.15, 0.2) is 0 Å². The van der Waals surface area contributed by atoms with Crippen molar-refractivity contribution in [2.75, 3.05) is 13.1 Å². The van der Waals surface area contributed by atoms with Crippen LogP contribution in [-0.4, -0.2) is 24.3 Å². The lowest BCUT2D eigenvalue weighted by atomic mass is 10.1. The maximum absolute atomic E-state index is 9.56. The van der Waals surface area contributed by atoms with Gasteiger partial charge in [-0.2, -0.15) is 0 Å². The van der Waals surface area contributed by atoms with Gasteiger partial charge in [0, 0.05) is 13.1 Å². The van der Waals surface area contributed by atoms with Crippen molar-refractivity contribution in [3.05, 3.63) is 42.0 Å². The molecule has 0 saturated carbocycles. The Labute approximate surface area is 98.0 Å². The van der Waals surface area contributed by atoms with Crippen LogP contribution < -0.4 is 5.32 Å². The smallest absolute Gasteiger partial charge is 0.0687 e. The van der Waals surface area contributed by atoms with E-state index in [1.54, 1.807) is 0 Å². The number of nitrogens with one attached hydrogen (secondary N) is 1. The highest BCUT2D eigenvalue weighted by molar-refractivity contribution is 5.48. The normalized spacial score (nSPS) is 13.5. The molecule has 1 unspecified atom stereocenters. The Morgan fingerprint density at radius 1 is 1.25 bits per heavy atom. The van der Waals surface area contributed by atoms with E-state index >= 15 is 0 Å². The second-order valence-corrected chi connectivity index (χ2v) is 4.28. The molecule has 0 radical (unpaired) electrons. The van der Waals surface area contributed by atoms with E-state index in [1.807, 2.05) is 32.0 Å². The molecular weight excluding hydrogens is 198 g/mol. The van der Waals surface area contributed by atoms with Crippen LogP contribution in [-0.2, 0) is 0 Å². The summed E-state index contributed by atoms with van der Waals surface area (Å²) in [6, 6.07) is 10.2. The summed E-state index contributed by atoms with van der Waals surface area (Å²) in [6.45, 7) is 5.48. The summed E-state index contributed by atoms with van der Waals surface area (Å²) in [5.41, 5.74) is 1.20. The molecule has 1 aromatic rings. The zero-order valence-electron chi connectivity index (χ0n) is 10.1. The van der Waals surface area contributed by atoms with Crippen molar-refractivity contribution in [3.8, 4) is 0 Å². The van der Waals surface area contributed by atoms with E-state index in [0.717, 1.165) is 6.54 Å². The standard InChI is InChI=1S/C14H21NO/c1-12(2)14(16)11-15-10-6-9-13-7-4-3-5-8-13/h3-9,12,14-16H,10-11H2,1-2H3/b9-6+. The van der Waals surface area contributed by atoms with Gasteiger partial charge in [-0.15, -0.1) is 0 Å². The Morgan fingerprint density at radius 2 is 1.94 bits per heavy atom. The average molecular weight is 219 g/mol. The number of benzene rings is 1. The maximum atomic E-state index is 9.56. The van der Waals surface area contributed by atoms with E-state index in [9.17, 15) is 5.11 Å². The molecule has 2 nitrogen and oxygen atoms in total. The quantitative estimate of drug-likeness (QED) is 0.720. The molecule has 2 N–H and O–H groups in total. The number of aliphatic hydroxyl groups excluding tert-OH is 1. The lowest BCUT2D eigenvalue weighted by molar-refractivity contribution is 0.125. The molecule has 0 aliphatic rings. The van der Waals surface area contributed by atoms with E-state index in [0.29, 0.717) is 12.5 Å². The Kier molecular flexibility index (Phi) is 5.83. The van der Waals surface area contributed by atoms with E-state index < -0.39 is 0 Å². The van der Waals surface area contributed by atoms with E-state index in [2.05, 4.69) is 29.6 Å². The van der Waals surface area contributed by atoms with Gasteiger partial charge in [-0.3, -0.25) is 0 Å². The van der Waals surface area contributed by atoms with Crippen molar-refractivity contribution in [1.82, 2.24) is 5.32 Å². The fraction of sp³-hybridized carbons (Fsp3) is 0.429. The van der Waals surface area contributed by atoms with Gasteiger partial charge in [0.2, 0.25) is 0 Å². The SMILES string of the molecule is CC(C)C(O)CNC/C=C/c1ccccc1. The van der Waals surface area contributed by atoms with Crippen LogP contribution in [0.15, 0.2) is 36.4 Å². The minimum Gasteiger partial charge on any atom is -0.392 e. The van der Waals surface area contributed by atoms with Crippen LogP contribution in [0.2, 0.25) is 0 Å². The van der Waals surface area contributed by atoms with Gasteiger partial charge >= 0.3 is 0 Å². The van der Waals surface area contributed by atoms with Gasteiger partial charge in [-0.05, 0) is 11.5 Å². The molecule has 0 aliphatic heterocycles. The van der Waals surface area contributed by atoms with Gasteiger partial charge in [0.25, 0.3) is 0 Å². The summed E-state index contributed by atoms with van der Waals surface area (Å²) in [6.07, 6.45) is 3.89. The lowest BCUT2D eigenvalue weighted by Crippen LogP contribution is -2.30. The molecule has 0 aliphatic carbocycles. The second kappa shape index (κ2) is 7.20. The summed E-state index contributed by atoms with van der Waals surface area (Å²) in [5.74, 6) is 0.311. The van der Waals surface area contributed by atoms with Crippen LogP contribution in [0.1, 0.15) is 19.4 Å². The third kappa shape index (κ3) is 5.10. The second-order valence-electron chi connectivity index (χ2n) is 4.28. The number of hydrogen-bond acceptors (Lipinski definition) is 2. The van der Waals surface area contributed by atoms with Gasteiger partial charge in [0.05, 0.1) is 6.10 Å². The minimum absolute atomic E-state index is 0.259. The largest absolute Gasteiger partial charge is 0.392 e. The van der Waals surface area contributed by atoms with E-state index in [4.69, 9.17) is 0 Å². The Hall–Kier alpha value is -1.12. The first kappa shape index (κ1) is 12.9. The first-order valence-electron chi connectivity index (χ1n) is 5.80. The van der Waals surface area contributed by atoms with Crippen LogP contribution in [0.5, 0.6) is 0 Å². The van der Waals surface area contributed by atoms with Gasteiger partial charge in [-0.1, -0.05) is 56.3 Å². The van der Waals surface area contributed by atoms with Crippen molar-refractivity contribution in [2.45, 2.75) is 20.0 Å². The zero-order valence-corrected chi connectivity index (χ0v) is 10.1. The molecule has 0 bridgehead atoms. The molecule has 1 atom stereocenters. The Morgan fingerprint density at radius 3 is 2.56 bits per heavy atom. The van der Waals surface area contributed by atoms with Crippen LogP contribution in [0.25, 0.3) is 6.08 Å². The van der Waals surface area contributed by atoms with Gasteiger partial charge in [-0.25, -0.2) is 0 Å². The molecule has 16 heavy (non-hydrogen) atoms. The van der Waals surface area contributed by atoms with Crippen LogP contribution in [0.4, 0.5) is 0 Å². The molecule has 2 heteroatoms. The molecule has 0 heterocycles. The molecule has 0 spiro atoms. The predicted molar refractivity (Wildman–Crippen MR) is 69.2 cm³/mol. The molecule has 0 amide bonds. The van der Waals surface area contributed by atoms with E-state index in [1.165, 1.54) is 5.56 Å². The highest BCUT2D eigenvalue weighted by atomic mass is 16.3. The van der Waals surface area contributed by atoms with Crippen molar-refractivity contribution >= 4 is 6.08 Å². The van der Waals surface area contributed by atoms with E-state index in [-0.39, 0.29) is 6.10 Å². The monoisotopic (exact) mass is 219 g/mol. The predicted octanol–water partition coefficient (Wildman–Crippen LogP) is 2.31. The number of hydrogen-bond donors (Lipinski definition) is 2. The van der Waals surface area contributed by atoms with Crippen LogP contribution in [0, 0.1) is 5.92 Å². The Balaban J connectivity index is 2.19. The molecular formula is C14H21NO. The lowest BCUT2D eigenvalue weighted by Gasteiger charge is -2.13. The summed E-state index contributed by atoms with van der Waals surface area (Å²) in [4.78, 5) is 0. The van der Waals surface area contributed by atoms with Gasteiger partial charge in [0.1, 0.15) is 0 Å². The third-order valence-electron chi connectivity index (χ3n) is 2.50. The van der Waals surface area contributed by atoms with Crippen molar-refractivity contribution in [1.29, 1.82) is 0 Å². The van der Waals surface area contributed by atoms with Crippen molar-refractivity contribution in [2.24, 2.45) is 5.92 Å².